The van der Waals surface area contributed by atoms with Gasteiger partial charge in [-0.15, -0.1) is 0 Å². The van der Waals surface area contributed by atoms with E-state index < -0.39 is 23.6 Å². The summed E-state index contributed by atoms with van der Waals surface area (Å²) in [5, 5.41) is 0.393. The number of hydrogen-bond acceptors (Lipinski definition) is 3. The quantitative estimate of drug-likeness (QED) is 0.336. The van der Waals surface area contributed by atoms with Gasteiger partial charge in [0.2, 0.25) is 0 Å². The standard InChI is InChI=1S/C15H8Cl2F3NO3/c16-10-4-6-12(7-5-10)24-14(23)13(22)21(17)11-3-1-2-9(8-11)15(18,19)20/h1-8H. The minimum absolute atomic E-state index is 0.0341. The second-order valence-corrected chi connectivity index (χ2v) is 5.25. The molecule has 4 nitrogen and oxygen atoms in total. The summed E-state index contributed by atoms with van der Waals surface area (Å²) in [7, 11) is 0. The number of rotatable bonds is 2. The number of anilines is 1. The van der Waals surface area contributed by atoms with Gasteiger partial charge >= 0.3 is 18.1 Å². The third-order valence-electron chi connectivity index (χ3n) is 2.78. The molecule has 0 heterocycles. The molecule has 24 heavy (non-hydrogen) atoms. The topological polar surface area (TPSA) is 46.6 Å². The molecule has 2 aromatic rings. The van der Waals surface area contributed by atoms with Crippen LogP contribution >= 0.6 is 23.4 Å². The zero-order chi connectivity index (χ0) is 17.9. The number of ether oxygens (including phenoxy) is 1. The summed E-state index contributed by atoms with van der Waals surface area (Å²) in [6.07, 6.45) is -4.61. The number of alkyl halides is 3. The van der Waals surface area contributed by atoms with Crippen LogP contribution in [-0.2, 0) is 15.8 Å². The molecule has 126 valence electrons. The van der Waals surface area contributed by atoms with Gasteiger partial charge < -0.3 is 4.74 Å². The largest absolute Gasteiger partial charge is 0.419 e. The Bertz CT molecular complexity index is 763. The molecule has 0 aromatic heterocycles. The van der Waals surface area contributed by atoms with Gasteiger partial charge in [0.15, 0.2) is 0 Å². The van der Waals surface area contributed by atoms with Gasteiger partial charge in [0.05, 0.1) is 11.3 Å². The Morgan fingerprint density at radius 2 is 1.67 bits per heavy atom. The molecular formula is C15H8Cl2F3NO3. The Hall–Kier alpha value is -2.25. The van der Waals surface area contributed by atoms with Crippen LogP contribution in [0.4, 0.5) is 18.9 Å². The van der Waals surface area contributed by atoms with Gasteiger partial charge in [-0.25, -0.2) is 9.21 Å². The Morgan fingerprint density at radius 1 is 1.04 bits per heavy atom. The lowest BCUT2D eigenvalue weighted by atomic mass is 10.2. The number of amides is 1. The molecule has 0 atom stereocenters. The second-order valence-electron chi connectivity index (χ2n) is 4.48. The molecule has 0 fully saturated rings. The molecule has 0 radical (unpaired) electrons. The van der Waals surface area contributed by atoms with Crippen molar-refractivity contribution in [3.63, 3.8) is 0 Å². The molecule has 2 aromatic carbocycles. The fraction of sp³-hybridized carbons (Fsp3) is 0.0667. The molecule has 0 saturated carbocycles. The fourth-order valence-electron chi connectivity index (χ4n) is 1.66. The van der Waals surface area contributed by atoms with Crippen molar-refractivity contribution in [3.05, 3.63) is 59.1 Å². The lowest BCUT2D eigenvalue weighted by Crippen LogP contribution is -2.32. The van der Waals surface area contributed by atoms with Crippen molar-refractivity contribution in [1.82, 2.24) is 0 Å². The van der Waals surface area contributed by atoms with E-state index in [2.05, 4.69) is 0 Å². The van der Waals surface area contributed by atoms with Crippen molar-refractivity contribution in [2.75, 3.05) is 4.42 Å². The maximum atomic E-state index is 12.7. The van der Waals surface area contributed by atoms with Gasteiger partial charge in [0, 0.05) is 16.8 Å². The first-order valence-corrected chi connectivity index (χ1v) is 7.05. The number of hydrogen-bond donors (Lipinski definition) is 0. The van der Waals surface area contributed by atoms with Crippen molar-refractivity contribution in [3.8, 4) is 5.75 Å². The zero-order valence-electron chi connectivity index (χ0n) is 11.7. The average Bonchev–Trinajstić information content (AvgIpc) is 2.55. The first kappa shape index (κ1) is 18.1. The fourth-order valence-corrected chi connectivity index (χ4v) is 1.96. The van der Waals surface area contributed by atoms with E-state index in [1.54, 1.807) is 0 Å². The monoisotopic (exact) mass is 377 g/mol. The third kappa shape index (κ3) is 4.39. The normalized spacial score (nSPS) is 11.0. The number of esters is 1. The van der Waals surface area contributed by atoms with Gasteiger partial charge in [0.1, 0.15) is 5.75 Å². The molecule has 0 aliphatic carbocycles. The number of benzene rings is 2. The molecule has 0 unspecified atom stereocenters. The Kier molecular flexibility index (Phi) is 5.36. The van der Waals surface area contributed by atoms with E-state index in [0.29, 0.717) is 11.1 Å². The predicted molar refractivity (Wildman–Crippen MR) is 81.9 cm³/mol. The molecular weight excluding hydrogens is 370 g/mol. The van der Waals surface area contributed by atoms with Crippen LogP contribution < -0.4 is 9.16 Å². The highest BCUT2D eigenvalue weighted by molar-refractivity contribution is 6.51. The molecule has 0 aliphatic rings. The minimum Gasteiger partial charge on any atom is -0.419 e. The summed E-state index contributed by atoms with van der Waals surface area (Å²) >= 11 is 11.3. The molecule has 0 saturated heterocycles. The van der Waals surface area contributed by atoms with E-state index in [-0.39, 0.29) is 15.9 Å². The van der Waals surface area contributed by atoms with Crippen LogP contribution in [0.2, 0.25) is 5.02 Å². The molecule has 0 spiro atoms. The number of carbonyl (C=O) groups is 2. The Morgan fingerprint density at radius 3 is 2.25 bits per heavy atom. The highest BCUT2D eigenvalue weighted by Gasteiger charge is 2.32. The molecule has 0 aliphatic heterocycles. The summed E-state index contributed by atoms with van der Waals surface area (Å²) in [5.74, 6) is -2.66. The van der Waals surface area contributed by atoms with E-state index in [9.17, 15) is 22.8 Å². The lowest BCUT2D eigenvalue weighted by molar-refractivity contribution is -0.146. The van der Waals surface area contributed by atoms with Crippen molar-refractivity contribution in [2.45, 2.75) is 6.18 Å². The summed E-state index contributed by atoms with van der Waals surface area (Å²) in [4.78, 5) is 23.6. The van der Waals surface area contributed by atoms with Crippen LogP contribution in [0.1, 0.15) is 5.56 Å². The third-order valence-corrected chi connectivity index (χ3v) is 3.38. The summed E-state index contributed by atoms with van der Waals surface area (Å²) in [6, 6.07) is 9.21. The van der Waals surface area contributed by atoms with E-state index in [1.165, 1.54) is 24.3 Å². The average molecular weight is 378 g/mol. The molecule has 2 rings (SSSR count). The summed E-state index contributed by atoms with van der Waals surface area (Å²) in [5.41, 5.74) is -1.32. The lowest BCUT2D eigenvalue weighted by Gasteiger charge is -2.15. The first-order chi connectivity index (χ1) is 11.2. The Labute approximate surface area is 144 Å². The van der Waals surface area contributed by atoms with Crippen LogP contribution in [0.3, 0.4) is 0 Å². The highest BCUT2D eigenvalue weighted by Crippen LogP contribution is 2.32. The van der Waals surface area contributed by atoms with Gasteiger partial charge in [-0.2, -0.15) is 13.2 Å². The Balaban J connectivity index is 2.14. The number of carbonyl (C=O) groups excluding carboxylic acids is 2. The van der Waals surface area contributed by atoms with E-state index in [4.69, 9.17) is 28.1 Å². The van der Waals surface area contributed by atoms with Crippen LogP contribution in [0.5, 0.6) is 5.75 Å². The van der Waals surface area contributed by atoms with Crippen molar-refractivity contribution >= 4 is 40.9 Å². The van der Waals surface area contributed by atoms with E-state index >= 15 is 0 Å². The van der Waals surface area contributed by atoms with E-state index in [1.807, 2.05) is 0 Å². The second kappa shape index (κ2) is 7.11. The highest BCUT2D eigenvalue weighted by atomic mass is 35.5. The maximum Gasteiger partial charge on any atom is 0.416 e. The minimum atomic E-state index is -4.61. The first-order valence-electron chi connectivity index (χ1n) is 6.33. The van der Waals surface area contributed by atoms with Crippen LogP contribution in [-0.4, -0.2) is 11.9 Å². The SMILES string of the molecule is O=C(Oc1ccc(Cl)cc1)C(=O)N(Cl)c1cccc(C(F)(F)F)c1. The van der Waals surface area contributed by atoms with Gasteiger partial charge in [-0.1, -0.05) is 17.7 Å². The van der Waals surface area contributed by atoms with Crippen molar-refractivity contribution in [1.29, 1.82) is 0 Å². The molecule has 0 N–H and O–H groups in total. The molecule has 1 amide bonds. The summed E-state index contributed by atoms with van der Waals surface area (Å²) in [6.45, 7) is 0. The number of halogens is 5. The van der Waals surface area contributed by atoms with Crippen molar-refractivity contribution in [2.24, 2.45) is 0 Å². The van der Waals surface area contributed by atoms with Gasteiger partial charge in [-0.3, -0.25) is 4.79 Å². The van der Waals surface area contributed by atoms with Crippen LogP contribution in [0.15, 0.2) is 48.5 Å². The van der Waals surface area contributed by atoms with Crippen molar-refractivity contribution < 1.29 is 27.5 Å². The molecule has 0 bridgehead atoms. The van der Waals surface area contributed by atoms with E-state index in [0.717, 1.165) is 18.2 Å². The number of nitrogens with zero attached hydrogens (tertiary/aromatic N) is 1. The van der Waals surface area contributed by atoms with Crippen LogP contribution in [0.25, 0.3) is 0 Å². The zero-order valence-corrected chi connectivity index (χ0v) is 13.2. The summed E-state index contributed by atoms with van der Waals surface area (Å²) < 4.78 is 43.0. The maximum absolute atomic E-state index is 12.7. The van der Waals surface area contributed by atoms with Crippen LogP contribution in [0, 0.1) is 0 Å². The van der Waals surface area contributed by atoms with Gasteiger partial charge in [-0.05, 0) is 42.5 Å². The molecule has 9 heteroatoms. The predicted octanol–water partition coefficient (Wildman–Crippen LogP) is 4.45. The van der Waals surface area contributed by atoms with Gasteiger partial charge in [0.25, 0.3) is 0 Å². The smallest absolute Gasteiger partial charge is 0.416 e.